The number of guanidine groups is 1. The molecule has 2 rings (SSSR count). The van der Waals surface area contributed by atoms with Gasteiger partial charge in [-0.3, -0.25) is 4.99 Å². The van der Waals surface area contributed by atoms with Gasteiger partial charge in [-0.2, -0.15) is 10.4 Å². The maximum Gasteiger partial charge on any atom is 0.191 e. The molecule has 0 spiro atoms. The smallest absolute Gasteiger partial charge is 0.191 e. The highest BCUT2D eigenvalue weighted by atomic mass is 127. The summed E-state index contributed by atoms with van der Waals surface area (Å²) < 4.78 is 1.64. The highest BCUT2D eigenvalue weighted by Gasteiger charge is 2.16. The normalized spacial score (nSPS) is 12.2. The van der Waals surface area contributed by atoms with E-state index >= 15 is 0 Å². The van der Waals surface area contributed by atoms with Crippen molar-refractivity contribution in [3.05, 3.63) is 41.6 Å². The summed E-state index contributed by atoms with van der Waals surface area (Å²) in [6.45, 7) is 10.7. The number of anilines is 1. The summed E-state index contributed by atoms with van der Waals surface area (Å²) in [5, 5.41) is 21.0. The van der Waals surface area contributed by atoms with E-state index in [0.29, 0.717) is 23.8 Å². The highest BCUT2D eigenvalue weighted by Crippen LogP contribution is 2.21. The van der Waals surface area contributed by atoms with Crippen molar-refractivity contribution >= 4 is 35.8 Å². The van der Waals surface area contributed by atoms with E-state index in [9.17, 15) is 5.26 Å². The second-order valence-electron chi connectivity index (χ2n) is 7.88. The monoisotopic (exact) mass is 566 g/mol. The Hall–Kier alpha value is -2.32. The lowest BCUT2D eigenvalue weighted by Gasteiger charge is -2.21. The zero-order valence-electron chi connectivity index (χ0n) is 20.3. The van der Waals surface area contributed by atoms with Gasteiger partial charge in [-0.1, -0.05) is 32.0 Å². The molecule has 0 saturated carbocycles. The van der Waals surface area contributed by atoms with Gasteiger partial charge in [0.25, 0.3) is 0 Å². The van der Waals surface area contributed by atoms with E-state index in [4.69, 9.17) is 5.73 Å². The molecule has 1 heterocycles. The van der Waals surface area contributed by atoms with Crippen molar-refractivity contribution in [2.75, 3.05) is 39.0 Å². The van der Waals surface area contributed by atoms with E-state index in [-0.39, 0.29) is 24.0 Å². The Morgan fingerprint density at radius 1 is 1.24 bits per heavy atom. The molecule has 1 aromatic heterocycles. The van der Waals surface area contributed by atoms with Crippen molar-refractivity contribution in [3.8, 4) is 11.8 Å². The molecule has 2 aromatic rings. The van der Waals surface area contributed by atoms with Crippen LogP contribution in [0.4, 0.5) is 5.82 Å². The standard InChI is InChI=1S/C24H38N8.HI/c1-5-31(6-2)17-11-12-19(3)29-24(27-4)28-16-10-15-22-21(18-25)23(26)32(30-22)20-13-8-7-9-14-20;/h7-9,13-14,19H,5-6,10-12,15-17,26H2,1-4H3,(H2,27,28,29);1H. The molecular weight excluding hydrogens is 527 g/mol. The summed E-state index contributed by atoms with van der Waals surface area (Å²) in [7, 11) is 1.79. The maximum atomic E-state index is 9.55. The van der Waals surface area contributed by atoms with Crippen LogP contribution in [0.15, 0.2) is 35.3 Å². The number of para-hydroxylation sites is 1. The Morgan fingerprint density at radius 3 is 2.55 bits per heavy atom. The predicted octanol–water partition coefficient (Wildman–Crippen LogP) is 3.55. The van der Waals surface area contributed by atoms with Crippen LogP contribution in [-0.2, 0) is 6.42 Å². The van der Waals surface area contributed by atoms with Gasteiger partial charge < -0.3 is 21.3 Å². The van der Waals surface area contributed by atoms with Crippen LogP contribution in [-0.4, -0.2) is 59.9 Å². The van der Waals surface area contributed by atoms with Crippen LogP contribution in [0.5, 0.6) is 0 Å². The summed E-state index contributed by atoms with van der Waals surface area (Å²) in [6.07, 6.45) is 3.74. The quantitative estimate of drug-likeness (QED) is 0.157. The van der Waals surface area contributed by atoms with Crippen LogP contribution in [0, 0.1) is 11.3 Å². The first-order valence-electron chi connectivity index (χ1n) is 11.6. The number of nitrogens with two attached hydrogens (primary N) is 1. The molecule has 4 N–H and O–H groups in total. The molecule has 9 heteroatoms. The van der Waals surface area contributed by atoms with E-state index < -0.39 is 0 Å². The molecule has 8 nitrogen and oxygen atoms in total. The van der Waals surface area contributed by atoms with Crippen LogP contribution >= 0.6 is 24.0 Å². The van der Waals surface area contributed by atoms with Crippen molar-refractivity contribution < 1.29 is 0 Å². The fourth-order valence-electron chi connectivity index (χ4n) is 3.66. The Labute approximate surface area is 215 Å². The van der Waals surface area contributed by atoms with Crippen molar-refractivity contribution in [2.45, 2.75) is 52.5 Å². The van der Waals surface area contributed by atoms with E-state index in [1.165, 1.54) is 0 Å². The second-order valence-corrected chi connectivity index (χ2v) is 7.88. The minimum absolute atomic E-state index is 0. The molecule has 182 valence electrons. The Bertz CT molecular complexity index is 884. The van der Waals surface area contributed by atoms with Gasteiger partial charge in [0.05, 0.1) is 11.4 Å². The fourth-order valence-corrected chi connectivity index (χ4v) is 3.66. The van der Waals surface area contributed by atoms with Gasteiger partial charge in [-0.25, -0.2) is 4.68 Å². The highest BCUT2D eigenvalue weighted by molar-refractivity contribution is 14.0. The van der Waals surface area contributed by atoms with E-state index in [2.05, 4.69) is 52.5 Å². The molecule has 33 heavy (non-hydrogen) atoms. The summed E-state index contributed by atoms with van der Waals surface area (Å²) in [5.74, 6) is 1.19. The number of aryl methyl sites for hydroxylation is 1. The van der Waals surface area contributed by atoms with Gasteiger partial charge in [0.2, 0.25) is 0 Å². The van der Waals surface area contributed by atoms with Crippen LogP contribution < -0.4 is 16.4 Å². The number of hydrogen-bond acceptors (Lipinski definition) is 5. The molecule has 0 saturated heterocycles. The van der Waals surface area contributed by atoms with E-state index in [1.54, 1.807) is 11.7 Å². The Kier molecular flexibility index (Phi) is 13.5. The average molecular weight is 567 g/mol. The van der Waals surface area contributed by atoms with Crippen LogP contribution in [0.1, 0.15) is 51.3 Å². The number of nitrogen functional groups attached to an aromatic ring is 1. The number of rotatable bonds is 12. The molecule has 0 aliphatic rings. The van der Waals surface area contributed by atoms with Gasteiger partial charge in [-0.15, -0.1) is 24.0 Å². The predicted molar refractivity (Wildman–Crippen MR) is 147 cm³/mol. The third kappa shape index (κ3) is 8.85. The summed E-state index contributed by atoms with van der Waals surface area (Å²) in [4.78, 5) is 6.78. The summed E-state index contributed by atoms with van der Waals surface area (Å²) in [6, 6.07) is 12.2. The van der Waals surface area contributed by atoms with Crippen LogP contribution in [0.3, 0.4) is 0 Å². The first kappa shape index (κ1) is 28.7. The number of hydrogen-bond donors (Lipinski definition) is 3. The van der Waals surface area contributed by atoms with Gasteiger partial charge >= 0.3 is 0 Å². The molecule has 1 unspecified atom stereocenters. The minimum Gasteiger partial charge on any atom is -0.382 e. The SMILES string of the molecule is CCN(CC)CCCC(C)NC(=NC)NCCCc1nn(-c2ccccc2)c(N)c1C#N.I. The molecule has 0 aliphatic carbocycles. The fraction of sp³-hybridized carbons (Fsp3) is 0.542. The van der Waals surface area contributed by atoms with Gasteiger partial charge in [0, 0.05) is 19.6 Å². The third-order valence-corrected chi connectivity index (χ3v) is 5.60. The van der Waals surface area contributed by atoms with E-state index in [0.717, 1.165) is 62.8 Å². The summed E-state index contributed by atoms with van der Waals surface area (Å²) in [5.41, 5.74) is 8.22. The lowest BCUT2D eigenvalue weighted by molar-refractivity contribution is 0.292. The third-order valence-electron chi connectivity index (χ3n) is 5.60. The average Bonchev–Trinajstić information content (AvgIpc) is 3.14. The van der Waals surface area contributed by atoms with Crippen molar-refractivity contribution in [1.82, 2.24) is 25.3 Å². The molecule has 0 radical (unpaired) electrons. The van der Waals surface area contributed by atoms with Gasteiger partial charge in [0.15, 0.2) is 5.96 Å². The second kappa shape index (κ2) is 15.5. The Balaban J connectivity index is 0.00000544. The molecule has 0 amide bonds. The minimum atomic E-state index is 0. The molecule has 1 atom stereocenters. The number of benzene rings is 1. The lowest BCUT2D eigenvalue weighted by atomic mass is 10.1. The molecule has 1 aromatic carbocycles. The number of halogens is 1. The molecule has 0 bridgehead atoms. The van der Waals surface area contributed by atoms with Gasteiger partial charge in [-0.05, 0) is 64.4 Å². The number of aliphatic imine (C=N–C) groups is 1. The van der Waals surface area contributed by atoms with Crippen molar-refractivity contribution in [1.29, 1.82) is 5.26 Å². The van der Waals surface area contributed by atoms with Crippen LogP contribution in [0.25, 0.3) is 5.69 Å². The maximum absolute atomic E-state index is 9.55. The molecule has 0 fully saturated rings. The largest absolute Gasteiger partial charge is 0.382 e. The summed E-state index contributed by atoms with van der Waals surface area (Å²) >= 11 is 0. The molecular formula is C24H39IN8. The number of nitrogens with zero attached hydrogens (tertiary/aromatic N) is 5. The number of aromatic nitrogens is 2. The zero-order valence-corrected chi connectivity index (χ0v) is 22.7. The van der Waals surface area contributed by atoms with Crippen LogP contribution in [0.2, 0.25) is 0 Å². The molecule has 0 aliphatic heterocycles. The number of nitrogens with one attached hydrogen (secondary N) is 2. The van der Waals surface area contributed by atoms with E-state index in [1.807, 2.05) is 30.3 Å². The lowest BCUT2D eigenvalue weighted by Crippen LogP contribution is -2.42. The van der Waals surface area contributed by atoms with Gasteiger partial charge in [0.1, 0.15) is 17.5 Å². The first-order valence-corrected chi connectivity index (χ1v) is 11.6. The van der Waals surface area contributed by atoms with Crippen molar-refractivity contribution in [3.63, 3.8) is 0 Å². The Morgan fingerprint density at radius 2 is 1.94 bits per heavy atom. The number of nitriles is 1. The van der Waals surface area contributed by atoms with Crippen molar-refractivity contribution in [2.24, 2.45) is 4.99 Å². The zero-order chi connectivity index (χ0) is 23.3. The first-order chi connectivity index (χ1) is 15.5. The topological polar surface area (TPSA) is 107 Å².